The van der Waals surface area contributed by atoms with Gasteiger partial charge >= 0.3 is 0 Å². The number of hydrogen-bond acceptors (Lipinski definition) is 1. The number of fused-ring (bicyclic) bond motifs is 1. The molecular weight excluding hydrogens is 250 g/mol. The molecule has 0 aromatic carbocycles. The van der Waals surface area contributed by atoms with Crippen molar-refractivity contribution in [2.24, 2.45) is 0 Å². The van der Waals surface area contributed by atoms with Crippen LogP contribution in [0.1, 0.15) is 41.5 Å². The Balaban J connectivity index is 2.05. The monoisotopic (exact) mass is 269 g/mol. The van der Waals surface area contributed by atoms with Gasteiger partial charge in [0.25, 0.3) is 0 Å². The van der Waals surface area contributed by atoms with Crippen molar-refractivity contribution < 1.29 is 0 Å². The summed E-state index contributed by atoms with van der Waals surface area (Å²) in [6.07, 6.45) is 14.6. The summed E-state index contributed by atoms with van der Waals surface area (Å²) in [7, 11) is 0. The Morgan fingerprint density at radius 2 is 2.32 bits per heavy atom. The van der Waals surface area contributed by atoms with E-state index in [2.05, 4.69) is 55.4 Å². The molecule has 1 aliphatic rings. The second-order valence-electron chi connectivity index (χ2n) is 4.98. The molecule has 0 aliphatic heterocycles. The third-order valence-corrected chi connectivity index (χ3v) is 4.83. The molecule has 2 heterocycles. The highest BCUT2D eigenvalue weighted by atomic mass is 32.1. The summed E-state index contributed by atoms with van der Waals surface area (Å²) in [5.41, 5.74) is 5.34. The van der Waals surface area contributed by atoms with Crippen molar-refractivity contribution in [3.8, 4) is 10.4 Å². The molecule has 3 rings (SSSR count). The van der Waals surface area contributed by atoms with Gasteiger partial charge in [0.15, 0.2) is 0 Å². The maximum absolute atomic E-state index is 3.36. The van der Waals surface area contributed by atoms with Gasteiger partial charge in [0.2, 0.25) is 0 Å². The zero-order valence-electron chi connectivity index (χ0n) is 11.5. The molecule has 0 fully saturated rings. The van der Waals surface area contributed by atoms with Crippen LogP contribution < -0.4 is 0 Å². The van der Waals surface area contributed by atoms with Gasteiger partial charge in [-0.05, 0) is 37.8 Å². The highest BCUT2D eigenvalue weighted by Crippen LogP contribution is 2.37. The summed E-state index contributed by atoms with van der Waals surface area (Å²) in [6.45, 7) is 4.32. The Kier molecular flexibility index (Phi) is 3.43. The van der Waals surface area contributed by atoms with Crippen LogP contribution in [0.5, 0.6) is 0 Å². The predicted octanol–water partition coefficient (Wildman–Crippen LogP) is 5.43. The number of thiophene rings is 1. The van der Waals surface area contributed by atoms with E-state index in [1.807, 2.05) is 11.3 Å². The number of aryl methyl sites for hydroxylation is 2. The van der Waals surface area contributed by atoms with Crippen molar-refractivity contribution in [3.05, 3.63) is 46.1 Å². The summed E-state index contributed by atoms with van der Waals surface area (Å²) in [6, 6.07) is 2.33. The highest BCUT2D eigenvalue weighted by molar-refractivity contribution is 7.15. The molecular formula is C17H19NS. The first-order chi connectivity index (χ1) is 9.29. The van der Waals surface area contributed by atoms with Crippen LogP contribution in [0.15, 0.2) is 24.4 Å². The van der Waals surface area contributed by atoms with Gasteiger partial charge in [0.1, 0.15) is 0 Å². The van der Waals surface area contributed by atoms with Crippen LogP contribution in [-0.4, -0.2) is 4.98 Å². The molecule has 1 aliphatic carbocycles. The second kappa shape index (κ2) is 5.22. The van der Waals surface area contributed by atoms with E-state index in [1.54, 1.807) is 0 Å². The minimum absolute atomic E-state index is 1.08. The maximum atomic E-state index is 3.36. The average molecular weight is 269 g/mol. The average Bonchev–Trinajstić information content (AvgIpc) is 2.99. The summed E-state index contributed by atoms with van der Waals surface area (Å²) in [4.78, 5) is 6.28. The van der Waals surface area contributed by atoms with Crippen LogP contribution in [0.4, 0.5) is 0 Å². The topological polar surface area (TPSA) is 15.8 Å². The number of rotatable bonds is 3. The van der Waals surface area contributed by atoms with Crippen molar-refractivity contribution >= 4 is 23.5 Å². The molecule has 0 saturated carbocycles. The van der Waals surface area contributed by atoms with Gasteiger partial charge in [-0.1, -0.05) is 31.2 Å². The van der Waals surface area contributed by atoms with Crippen molar-refractivity contribution in [1.29, 1.82) is 0 Å². The van der Waals surface area contributed by atoms with E-state index in [-0.39, 0.29) is 0 Å². The van der Waals surface area contributed by atoms with Crippen LogP contribution >= 0.6 is 11.3 Å². The SMILES string of the molecule is CC/C=C\c1c(-c2cc3c(s2)CCC=C3)c[nH]c1C. The van der Waals surface area contributed by atoms with E-state index in [0.29, 0.717) is 0 Å². The number of hydrogen-bond donors (Lipinski definition) is 1. The first-order valence-electron chi connectivity index (χ1n) is 6.93. The van der Waals surface area contributed by atoms with Crippen molar-refractivity contribution in [2.75, 3.05) is 0 Å². The number of nitrogens with one attached hydrogen (secondary N) is 1. The quantitative estimate of drug-likeness (QED) is 0.764. The van der Waals surface area contributed by atoms with Gasteiger partial charge in [-0.25, -0.2) is 0 Å². The standard InChI is InChI=1S/C17H19NS/c1-3-4-8-14-12(2)18-11-15(14)17-10-13-7-5-6-9-16(13)19-17/h4-5,7-8,10-11,18H,3,6,9H2,1-2H3/b8-4-. The fraction of sp³-hybridized carbons (Fsp3) is 0.294. The molecule has 0 saturated heterocycles. The lowest BCUT2D eigenvalue weighted by molar-refractivity contribution is 1.01. The molecule has 19 heavy (non-hydrogen) atoms. The minimum atomic E-state index is 1.08. The Morgan fingerprint density at radius 3 is 3.11 bits per heavy atom. The van der Waals surface area contributed by atoms with Gasteiger partial charge in [-0.15, -0.1) is 11.3 Å². The predicted molar refractivity (Wildman–Crippen MR) is 85.5 cm³/mol. The first kappa shape index (κ1) is 12.5. The third kappa shape index (κ3) is 2.33. The molecule has 2 heteroatoms. The number of allylic oxidation sites excluding steroid dienone is 2. The van der Waals surface area contributed by atoms with E-state index >= 15 is 0 Å². The fourth-order valence-corrected chi connectivity index (χ4v) is 3.72. The van der Waals surface area contributed by atoms with E-state index in [0.717, 1.165) is 6.42 Å². The van der Waals surface area contributed by atoms with E-state index in [1.165, 1.54) is 45.0 Å². The van der Waals surface area contributed by atoms with Crippen LogP contribution in [0, 0.1) is 6.92 Å². The van der Waals surface area contributed by atoms with Crippen LogP contribution in [-0.2, 0) is 6.42 Å². The molecule has 1 nitrogen and oxygen atoms in total. The van der Waals surface area contributed by atoms with Gasteiger partial charge in [0, 0.05) is 32.8 Å². The van der Waals surface area contributed by atoms with Gasteiger partial charge in [0.05, 0.1) is 0 Å². The Morgan fingerprint density at radius 1 is 1.42 bits per heavy atom. The number of aromatic nitrogens is 1. The zero-order valence-corrected chi connectivity index (χ0v) is 12.3. The smallest absolute Gasteiger partial charge is 0.0373 e. The van der Waals surface area contributed by atoms with Crippen molar-refractivity contribution in [2.45, 2.75) is 33.1 Å². The number of aromatic amines is 1. The Labute approximate surface area is 118 Å². The zero-order chi connectivity index (χ0) is 13.2. The van der Waals surface area contributed by atoms with Gasteiger partial charge < -0.3 is 4.98 Å². The van der Waals surface area contributed by atoms with Gasteiger partial charge in [-0.3, -0.25) is 0 Å². The molecule has 98 valence electrons. The lowest BCUT2D eigenvalue weighted by atomic mass is 10.0. The first-order valence-corrected chi connectivity index (χ1v) is 7.75. The molecule has 0 bridgehead atoms. The second-order valence-corrected chi connectivity index (χ2v) is 6.12. The van der Waals surface area contributed by atoms with E-state index in [4.69, 9.17) is 0 Å². The van der Waals surface area contributed by atoms with E-state index < -0.39 is 0 Å². The van der Waals surface area contributed by atoms with Crippen LogP contribution in [0.25, 0.3) is 22.6 Å². The number of H-pyrrole nitrogens is 1. The summed E-state index contributed by atoms with van der Waals surface area (Å²) >= 11 is 1.94. The van der Waals surface area contributed by atoms with Gasteiger partial charge in [-0.2, -0.15) is 0 Å². The van der Waals surface area contributed by atoms with Crippen LogP contribution in [0.2, 0.25) is 0 Å². The lowest BCUT2D eigenvalue weighted by Crippen LogP contribution is -1.85. The maximum Gasteiger partial charge on any atom is 0.0373 e. The van der Waals surface area contributed by atoms with E-state index in [9.17, 15) is 0 Å². The Bertz CT molecular complexity index is 640. The van der Waals surface area contributed by atoms with Crippen LogP contribution in [0.3, 0.4) is 0 Å². The summed E-state index contributed by atoms with van der Waals surface area (Å²) < 4.78 is 0. The minimum Gasteiger partial charge on any atom is -0.364 e. The molecule has 1 N–H and O–H groups in total. The third-order valence-electron chi connectivity index (χ3n) is 3.59. The summed E-state index contributed by atoms with van der Waals surface area (Å²) in [5, 5.41) is 0. The highest BCUT2D eigenvalue weighted by Gasteiger charge is 2.14. The summed E-state index contributed by atoms with van der Waals surface area (Å²) in [5.74, 6) is 0. The van der Waals surface area contributed by atoms with Crippen molar-refractivity contribution in [1.82, 2.24) is 4.98 Å². The molecule has 2 aromatic heterocycles. The molecule has 0 spiro atoms. The lowest BCUT2D eigenvalue weighted by Gasteiger charge is -2.01. The molecule has 0 amide bonds. The normalized spacial score (nSPS) is 14.2. The largest absolute Gasteiger partial charge is 0.364 e. The van der Waals surface area contributed by atoms with Crippen molar-refractivity contribution in [3.63, 3.8) is 0 Å². The molecule has 0 atom stereocenters. The molecule has 0 unspecified atom stereocenters. The molecule has 0 radical (unpaired) electrons. The fourth-order valence-electron chi connectivity index (χ4n) is 2.53. The molecule has 2 aromatic rings. The Hall–Kier alpha value is -1.54.